The van der Waals surface area contributed by atoms with E-state index >= 15 is 0 Å². The molecule has 0 fully saturated rings. The topological polar surface area (TPSA) is 83.6 Å². The maximum absolute atomic E-state index is 12.9. The van der Waals surface area contributed by atoms with E-state index in [0.717, 1.165) is 11.8 Å². The molecule has 0 aliphatic carbocycles. The summed E-state index contributed by atoms with van der Waals surface area (Å²) < 4.78 is 35.9. The zero-order valence-electron chi connectivity index (χ0n) is 15.1. The lowest BCUT2D eigenvalue weighted by molar-refractivity contribution is -0.121. The number of nitrogens with one attached hydrogen (secondary N) is 1. The Morgan fingerprint density at radius 3 is 2.15 bits per heavy atom. The van der Waals surface area contributed by atoms with Gasteiger partial charge in [0.1, 0.15) is 5.82 Å². The summed E-state index contributed by atoms with van der Waals surface area (Å²) in [5, 5.41) is 2.68. The van der Waals surface area contributed by atoms with Gasteiger partial charge in [0.2, 0.25) is 5.91 Å². The van der Waals surface area contributed by atoms with Gasteiger partial charge >= 0.3 is 0 Å². The molecular weight excluding hydrogens is 371 g/mol. The lowest BCUT2D eigenvalue weighted by Gasteiger charge is -2.20. The summed E-state index contributed by atoms with van der Waals surface area (Å²) in [6, 6.07) is 11.3. The second-order valence-corrected chi connectivity index (χ2v) is 8.03. The van der Waals surface area contributed by atoms with Crippen LogP contribution in [0.2, 0.25) is 0 Å². The fraction of sp³-hybridized carbons (Fsp3) is 0.263. The summed E-state index contributed by atoms with van der Waals surface area (Å²) in [5.74, 6) is -1.06. The van der Waals surface area contributed by atoms with Crippen molar-refractivity contribution in [2.24, 2.45) is 0 Å². The van der Waals surface area contributed by atoms with Crippen LogP contribution in [0.5, 0.6) is 0 Å². The Morgan fingerprint density at radius 2 is 1.63 bits per heavy atom. The first-order valence-electron chi connectivity index (χ1n) is 8.31. The highest BCUT2D eigenvalue weighted by molar-refractivity contribution is 7.90. The number of nitrogens with zero attached hydrogens (tertiary/aromatic N) is 1. The molecule has 0 spiro atoms. The Morgan fingerprint density at radius 1 is 1.04 bits per heavy atom. The van der Waals surface area contributed by atoms with Gasteiger partial charge in [-0.2, -0.15) is 0 Å². The van der Waals surface area contributed by atoms with Crippen molar-refractivity contribution in [3.8, 4) is 0 Å². The molecule has 144 valence electrons. The Kier molecular flexibility index (Phi) is 6.68. The first-order chi connectivity index (χ1) is 12.7. The van der Waals surface area contributed by atoms with Crippen molar-refractivity contribution in [2.45, 2.75) is 18.4 Å². The van der Waals surface area contributed by atoms with Crippen LogP contribution < -0.4 is 5.32 Å². The van der Waals surface area contributed by atoms with Gasteiger partial charge in [0, 0.05) is 24.9 Å². The third kappa shape index (κ3) is 5.89. The summed E-state index contributed by atoms with van der Waals surface area (Å²) in [6.07, 6.45) is 1.09. The molecule has 8 heteroatoms. The normalized spacial score (nSPS) is 11.1. The Balaban J connectivity index is 1.97. The van der Waals surface area contributed by atoms with Gasteiger partial charge in [0.05, 0.1) is 11.4 Å². The van der Waals surface area contributed by atoms with Gasteiger partial charge in [-0.15, -0.1) is 0 Å². The van der Waals surface area contributed by atoms with Crippen molar-refractivity contribution in [1.29, 1.82) is 0 Å². The number of amides is 2. The molecule has 6 nitrogen and oxygen atoms in total. The molecule has 0 heterocycles. The number of carbonyl (C=O) groups is 2. The predicted molar refractivity (Wildman–Crippen MR) is 99.4 cm³/mol. The molecule has 2 rings (SSSR count). The highest BCUT2D eigenvalue weighted by Crippen LogP contribution is 2.12. The van der Waals surface area contributed by atoms with Crippen LogP contribution in [0.3, 0.4) is 0 Å². The summed E-state index contributed by atoms with van der Waals surface area (Å²) in [7, 11) is -3.34. The largest absolute Gasteiger partial charge is 0.350 e. The van der Waals surface area contributed by atoms with Crippen molar-refractivity contribution in [2.75, 3.05) is 19.3 Å². The standard InChI is InChI=1S/C19H21FN2O4S/c1-3-22(13-18(23)21-12-14-4-8-16(20)9-5-14)19(24)15-6-10-17(11-7-15)27(2,25)26/h4-11H,3,12-13H2,1-2H3,(H,21,23). The van der Waals surface area contributed by atoms with Crippen LogP contribution in [-0.2, 0) is 21.2 Å². The first-order valence-corrected chi connectivity index (χ1v) is 10.2. The lowest BCUT2D eigenvalue weighted by atomic mass is 10.2. The van der Waals surface area contributed by atoms with Gasteiger partial charge in [-0.1, -0.05) is 12.1 Å². The van der Waals surface area contributed by atoms with Crippen molar-refractivity contribution in [1.82, 2.24) is 10.2 Å². The van der Waals surface area contributed by atoms with Gasteiger partial charge < -0.3 is 10.2 Å². The minimum absolute atomic E-state index is 0.124. The number of rotatable bonds is 7. The monoisotopic (exact) mass is 392 g/mol. The Labute approximate surface area is 157 Å². The van der Waals surface area contributed by atoms with Crippen LogP contribution in [-0.4, -0.2) is 44.5 Å². The van der Waals surface area contributed by atoms with Crippen LogP contribution in [0.25, 0.3) is 0 Å². The molecule has 0 radical (unpaired) electrons. The van der Waals surface area contributed by atoms with Gasteiger partial charge in [-0.05, 0) is 48.9 Å². The molecule has 0 unspecified atom stereocenters. The van der Waals surface area contributed by atoms with E-state index in [4.69, 9.17) is 0 Å². The summed E-state index contributed by atoms with van der Waals surface area (Å²) in [6.45, 7) is 2.16. The highest BCUT2D eigenvalue weighted by atomic mass is 32.2. The minimum atomic E-state index is -3.34. The third-order valence-corrected chi connectivity index (χ3v) is 5.06. The molecule has 0 aromatic heterocycles. The van der Waals surface area contributed by atoms with E-state index in [1.54, 1.807) is 19.1 Å². The van der Waals surface area contributed by atoms with Crippen LogP contribution in [0.1, 0.15) is 22.8 Å². The number of sulfone groups is 1. The Hall–Kier alpha value is -2.74. The lowest BCUT2D eigenvalue weighted by Crippen LogP contribution is -2.40. The number of hydrogen-bond donors (Lipinski definition) is 1. The smallest absolute Gasteiger partial charge is 0.254 e. The van der Waals surface area contributed by atoms with E-state index in [-0.39, 0.29) is 35.6 Å². The van der Waals surface area contributed by atoms with E-state index < -0.39 is 9.84 Å². The van der Waals surface area contributed by atoms with E-state index in [9.17, 15) is 22.4 Å². The maximum Gasteiger partial charge on any atom is 0.254 e. The summed E-state index contributed by atoms with van der Waals surface area (Å²) >= 11 is 0. The van der Waals surface area contributed by atoms with Crippen LogP contribution in [0, 0.1) is 5.82 Å². The van der Waals surface area contributed by atoms with Crippen molar-refractivity contribution in [3.63, 3.8) is 0 Å². The molecule has 0 atom stereocenters. The summed E-state index contributed by atoms with van der Waals surface area (Å²) in [5.41, 5.74) is 1.05. The van der Waals surface area contributed by atoms with Crippen molar-refractivity contribution < 1.29 is 22.4 Å². The summed E-state index contributed by atoms with van der Waals surface area (Å²) in [4.78, 5) is 26.1. The molecule has 2 aromatic carbocycles. The van der Waals surface area contributed by atoms with Gasteiger partial charge in [-0.3, -0.25) is 9.59 Å². The number of likely N-dealkylation sites (N-methyl/N-ethyl adjacent to an activating group) is 1. The molecule has 27 heavy (non-hydrogen) atoms. The Bertz CT molecular complexity index is 910. The van der Waals surface area contributed by atoms with Crippen molar-refractivity contribution >= 4 is 21.7 Å². The zero-order valence-corrected chi connectivity index (χ0v) is 15.9. The molecule has 0 aliphatic heterocycles. The van der Waals surface area contributed by atoms with Gasteiger partial charge in [0.25, 0.3) is 5.91 Å². The van der Waals surface area contributed by atoms with Crippen LogP contribution in [0.15, 0.2) is 53.4 Å². The van der Waals surface area contributed by atoms with Gasteiger partial charge in [0.15, 0.2) is 9.84 Å². The highest BCUT2D eigenvalue weighted by Gasteiger charge is 2.18. The fourth-order valence-corrected chi connectivity index (χ4v) is 3.02. The molecule has 0 bridgehead atoms. The van der Waals surface area contributed by atoms with E-state index in [0.29, 0.717) is 12.1 Å². The first kappa shape index (κ1) is 20.6. The third-order valence-electron chi connectivity index (χ3n) is 3.94. The molecule has 0 saturated heterocycles. The molecule has 0 aliphatic rings. The molecule has 2 aromatic rings. The zero-order chi connectivity index (χ0) is 20.0. The molecule has 0 saturated carbocycles. The maximum atomic E-state index is 12.9. The van der Waals surface area contributed by atoms with E-state index in [2.05, 4.69) is 5.32 Å². The number of carbonyl (C=O) groups excluding carboxylic acids is 2. The second-order valence-electron chi connectivity index (χ2n) is 6.02. The minimum Gasteiger partial charge on any atom is -0.350 e. The van der Waals surface area contributed by atoms with Crippen LogP contribution >= 0.6 is 0 Å². The SMILES string of the molecule is CCN(CC(=O)NCc1ccc(F)cc1)C(=O)c1ccc(S(C)(=O)=O)cc1. The average Bonchev–Trinajstić information content (AvgIpc) is 2.64. The molecular formula is C19H21FN2O4S. The molecule has 1 N–H and O–H groups in total. The van der Waals surface area contributed by atoms with Gasteiger partial charge in [-0.25, -0.2) is 12.8 Å². The molecule has 2 amide bonds. The van der Waals surface area contributed by atoms with E-state index in [1.165, 1.54) is 41.3 Å². The average molecular weight is 392 g/mol. The predicted octanol–water partition coefficient (Wildman–Crippen LogP) is 2.01. The number of benzene rings is 2. The second kappa shape index (κ2) is 8.77. The number of halogens is 1. The number of hydrogen-bond acceptors (Lipinski definition) is 4. The van der Waals surface area contributed by atoms with Crippen molar-refractivity contribution in [3.05, 3.63) is 65.5 Å². The fourth-order valence-electron chi connectivity index (χ4n) is 2.39. The van der Waals surface area contributed by atoms with E-state index in [1.807, 2.05) is 0 Å². The quantitative estimate of drug-likeness (QED) is 0.781. The van der Waals surface area contributed by atoms with Crippen LogP contribution in [0.4, 0.5) is 4.39 Å².